The Hall–Kier alpha value is -1.47. The molecule has 3 nitrogen and oxygen atoms in total. The minimum atomic E-state index is 0. The topological polar surface area (TPSA) is 34.2 Å². The smallest absolute Gasteiger partial charge is 0.0838 e. The maximum absolute atomic E-state index is 5.68. The molecule has 17 heavy (non-hydrogen) atoms. The molecular formula is C13H16ClN3. The van der Waals surface area contributed by atoms with Crippen LogP contribution in [0.15, 0.2) is 30.3 Å². The highest BCUT2D eigenvalue weighted by atomic mass is 35.5. The van der Waals surface area contributed by atoms with Gasteiger partial charge in [0.15, 0.2) is 0 Å². The Kier molecular flexibility index (Phi) is 4.59. The fraction of sp³-hybridized carbons (Fsp3) is 0.231. The van der Waals surface area contributed by atoms with Gasteiger partial charge in [-0.25, -0.2) is 5.01 Å². The first-order valence-corrected chi connectivity index (χ1v) is 5.19. The second-order valence-electron chi connectivity index (χ2n) is 3.90. The van der Waals surface area contributed by atoms with Crippen LogP contribution in [0.2, 0.25) is 0 Å². The van der Waals surface area contributed by atoms with Gasteiger partial charge in [0.2, 0.25) is 0 Å². The Bertz CT molecular complexity index is 537. The predicted octanol–water partition coefficient (Wildman–Crippen LogP) is 2.00. The fourth-order valence-electron chi connectivity index (χ4n) is 1.93. The molecule has 0 amide bonds. The average Bonchev–Trinajstić information content (AvgIpc) is 2.57. The molecule has 0 saturated heterocycles. The molecule has 2 rings (SSSR count). The van der Waals surface area contributed by atoms with Gasteiger partial charge >= 0.3 is 0 Å². The molecule has 0 aliphatic heterocycles. The molecule has 0 spiro atoms. The van der Waals surface area contributed by atoms with Crippen molar-refractivity contribution < 1.29 is 0 Å². The summed E-state index contributed by atoms with van der Waals surface area (Å²) in [6.07, 6.45) is 5.39. The first-order chi connectivity index (χ1) is 7.72. The van der Waals surface area contributed by atoms with Crippen LogP contribution in [0.25, 0.3) is 10.9 Å². The van der Waals surface area contributed by atoms with Gasteiger partial charge in [-0.3, -0.25) is 5.84 Å². The van der Waals surface area contributed by atoms with E-state index in [1.807, 2.05) is 19.2 Å². The number of benzene rings is 1. The van der Waals surface area contributed by atoms with Crippen molar-refractivity contribution in [2.75, 3.05) is 7.05 Å². The number of fused-ring (bicyclic) bond motifs is 1. The molecule has 0 atom stereocenters. The summed E-state index contributed by atoms with van der Waals surface area (Å²) in [7, 11) is 1.85. The molecule has 0 fully saturated rings. The lowest BCUT2D eigenvalue weighted by Gasteiger charge is -2.11. The number of para-hydroxylation sites is 1. The van der Waals surface area contributed by atoms with Crippen molar-refractivity contribution >= 4 is 23.3 Å². The van der Waals surface area contributed by atoms with E-state index in [1.165, 1.54) is 5.39 Å². The Balaban J connectivity index is 0.00000144. The molecule has 0 unspecified atom stereocenters. The van der Waals surface area contributed by atoms with Crippen molar-refractivity contribution in [3.8, 4) is 12.3 Å². The number of hydrogen-bond donors (Lipinski definition) is 1. The lowest BCUT2D eigenvalue weighted by molar-refractivity contribution is 0.333. The van der Waals surface area contributed by atoms with E-state index in [2.05, 4.69) is 28.7 Å². The Morgan fingerprint density at radius 2 is 2.12 bits per heavy atom. The molecule has 4 heteroatoms. The summed E-state index contributed by atoms with van der Waals surface area (Å²) in [5.41, 5.74) is 2.31. The van der Waals surface area contributed by atoms with Gasteiger partial charge in [0, 0.05) is 18.3 Å². The van der Waals surface area contributed by atoms with E-state index in [4.69, 9.17) is 12.3 Å². The molecule has 1 aromatic heterocycles. The zero-order chi connectivity index (χ0) is 11.5. The van der Waals surface area contributed by atoms with Crippen molar-refractivity contribution in [3.63, 3.8) is 0 Å². The number of hydrogen-bond acceptors (Lipinski definition) is 2. The average molecular weight is 250 g/mol. The highest BCUT2D eigenvalue weighted by molar-refractivity contribution is 5.85. The van der Waals surface area contributed by atoms with Gasteiger partial charge in [-0.2, -0.15) is 0 Å². The molecule has 0 radical (unpaired) electrons. The summed E-state index contributed by atoms with van der Waals surface area (Å²) in [6, 6.07) is 10.3. The molecule has 90 valence electrons. The van der Waals surface area contributed by atoms with Crippen LogP contribution in [-0.2, 0) is 13.1 Å². The molecule has 0 bridgehead atoms. The predicted molar refractivity (Wildman–Crippen MR) is 73.7 cm³/mol. The largest absolute Gasteiger partial charge is 0.332 e. The SMILES string of the molecule is C#CCn1c(CN(C)N)cc2ccccc21.Cl. The maximum atomic E-state index is 5.68. The number of halogens is 1. The number of hydrazine groups is 1. The van der Waals surface area contributed by atoms with Gasteiger partial charge < -0.3 is 4.57 Å². The van der Waals surface area contributed by atoms with Crippen molar-refractivity contribution in [2.45, 2.75) is 13.1 Å². The third kappa shape index (κ3) is 2.80. The second kappa shape index (κ2) is 5.74. The zero-order valence-electron chi connectivity index (χ0n) is 9.76. The summed E-state index contributed by atoms with van der Waals surface area (Å²) in [4.78, 5) is 0. The van der Waals surface area contributed by atoms with Crippen LogP contribution in [0.1, 0.15) is 5.69 Å². The van der Waals surface area contributed by atoms with Crippen LogP contribution in [0.4, 0.5) is 0 Å². The van der Waals surface area contributed by atoms with Crippen LogP contribution >= 0.6 is 12.4 Å². The summed E-state index contributed by atoms with van der Waals surface area (Å²) in [5, 5.41) is 2.86. The quantitative estimate of drug-likeness (QED) is 0.513. The van der Waals surface area contributed by atoms with E-state index in [0.717, 1.165) is 11.2 Å². The minimum Gasteiger partial charge on any atom is -0.332 e. The Labute approximate surface area is 108 Å². The first kappa shape index (κ1) is 13.6. The van der Waals surface area contributed by atoms with Crippen molar-refractivity contribution in [2.24, 2.45) is 5.84 Å². The highest BCUT2D eigenvalue weighted by Crippen LogP contribution is 2.20. The van der Waals surface area contributed by atoms with E-state index in [-0.39, 0.29) is 12.4 Å². The molecule has 1 heterocycles. The zero-order valence-corrected chi connectivity index (χ0v) is 10.6. The standard InChI is InChI=1S/C13H15N3.ClH/c1-3-8-16-12(10-15(2)14)9-11-6-4-5-7-13(11)16;/h1,4-7,9H,8,10,14H2,2H3;1H. The summed E-state index contributed by atoms with van der Waals surface area (Å²) in [5.74, 6) is 8.36. The highest BCUT2D eigenvalue weighted by Gasteiger charge is 2.07. The lowest BCUT2D eigenvalue weighted by Crippen LogP contribution is -2.26. The summed E-state index contributed by atoms with van der Waals surface area (Å²) < 4.78 is 2.12. The summed E-state index contributed by atoms with van der Waals surface area (Å²) >= 11 is 0. The monoisotopic (exact) mass is 249 g/mol. The fourth-order valence-corrected chi connectivity index (χ4v) is 1.93. The number of nitrogens with two attached hydrogens (primary N) is 1. The third-order valence-electron chi connectivity index (χ3n) is 2.56. The number of terminal acetylenes is 1. The van der Waals surface area contributed by atoms with Gasteiger partial charge in [-0.15, -0.1) is 18.8 Å². The van der Waals surface area contributed by atoms with Gasteiger partial charge in [0.05, 0.1) is 13.1 Å². The normalized spacial score (nSPS) is 10.2. The van der Waals surface area contributed by atoms with Gasteiger partial charge in [-0.05, 0) is 17.5 Å². The van der Waals surface area contributed by atoms with Crippen molar-refractivity contribution in [1.29, 1.82) is 0 Å². The number of aromatic nitrogens is 1. The van der Waals surface area contributed by atoms with Gasteiger partial charge in [0.25, 0.3) is 0 Å². The Morgan fingerprint density at radius 3 is 2.76 bits per heavy atom. The molecular weight excluding hydrogens is 234 g/mol. The minimum absolute atomic E-state index is 0. The molecule has 1 aromatic carbocycles. The van der Waals surface area contributed by atoms with E-state index in [0.29, 0.717) is 13.1 Å². The molecule has 0 saturated carbocycles. The van der Waals surface area contributed by atoms with Gasteiger partial charge in [-0.1, -0.05) is 24.1 Å². The van der Waals surface area contributed by atoms with E-state index < -0.39 is 0 Å². The molecule has 2 N–H and O–H groups in total. The lowest BCUT2D eigenvalue weighted by atomic mass is 10.2. The van der Waals surface area contributed by atoms with Crippen molar-refractivity contribution in [3.05, 3.63) is 36.0 Å². The van der Waals surface area contributed by atoms with E-state index >= 15 is 0 Å². The van der Waals surface area contributed by atoms with Crippen LogP contribution in [-0.4, -0.2) is 16.6 Å². The van der Waals surface area contributed by atoms with E-state index in [1.54, 1.807) is 5.01 Å². The third-order valence-corrected chi connectivity index (χ3v) is 2.56. The van der Waals surface area contributed by atoms with Crippen LogP contribution in [0, 0.1) is 12.3 Å². The first-order valence-electron chi connectivity index (χ1n) is 5.19. The Morgan fingerprint density at radius 1 is 1.41 bits per heavy atom. The van der Waals surface area contributed by atoms with Crippen LogP contribution in [0.3, 0.4) is 0 Å². The second-order valence-corrected chi connectivity index (χ2v) is 3.90. The van der Waals surface area contributed by atoms with Crippen LogP contribution in [0.5, 0.6) is 0 Å². The van der Waals surface area contributed by atoms with Crippen molar-refractivity contribution in [1.82, 2.24) is 9.58 Å². The molecule has 2 aromatic rings. The molecule has 0 aliphatic carbocycles. The maximum Gasteiger partial charge on any atom is 0.0838 e. The van der Waals surface area contributed by atoms with Gasteiger partial charge in [0.1, 0.15) is 0 Å². The van der Waals surface area contributed by atoms with Crippen LogP contribution < -0.4 is 5.84 Å². The number of nitrogens with zero attached hydrogens (tertiary/aromatic N) is 2. The van der Waals surface area contributed by atoms with E-state index in [9.17, 15) is 0 Å². The summed E-state index contributed by atoms with van der Waals surface area (Å²) in [6.45, 7) is 1.27. The number of rotatable bonds is 3. The molecule has 0 aliphatic rings.